The van der Waals surface area contributed by atoms with Crippen LogP contribution in [-0.2, 0) is 10.0 Å². The Hall–Kier alpha value is -0.130. The Morgan fingerprint density at radius 1 is 1.03 bits per heavy atom. The third-order valence-electron chi connectivity index (χ3n) is 6.32. The highest BCUT2D eigenvalue weighted by atomic mass is 127. The molecule has 3 rings (SSSR count). The fourth-order valence-electron chi connectivity index (χ4n) is 4.39. The van der Waals surface area contributed by atoms with Gasteiger partial charge in [-0.1, -0.05) is 12.8 Å². The Morgan fingerprint density at radius 2 is 1.79 bits per heavy atom. The average molecular weight is 542 g/mol. The largest absolute Gasteiger partial charge is 0.357 e. The molecular formula is C20H40IN5O2S. The lowest BCUT2D eigenvalue weighted by molar-refractivity contribution is 0.198. The van der Waals surface area contributed by atoms with Gasteiger partial charge in [0.2, 0.25) is 10.0 Å². The number of hydrogen-bond donors (Lipinski definition) is 2. The number of likely N-dealkylation sites (tertiary alicyclic amines) is 2. The fraction of sp³-hybridized carbons (Fsp3) is 0.950. The van der Waals surface area contributed by atoms with E-state index in [1.54, 1.807) is 0 Å². The molecule has 3 fully saturated rings. The van der Waals surface area contributed by atoms with Gasteiger partial charge >= 0.3 is 0 Å². The lowest BCUT2D eigenvalue weighted by atomic mass is 9.86. The Balaban J connectivity index is 0.00000300. The number of sulfonamides is 1. The van der Waals surface area contributed by atoms with Crippen LogP contribution in [0.5, 0.6) is 0 Å². The first kappa shape index (κ1) is 25.1. The van der Waals surface area contributed by atoms with E-state index < -0.39 is 10.0 Å². The van der Waals surface area contributed by atoms with Gasteiger partial charge in [0.1, 0.15) is 0 Å². The Bertz CT molecular complexity index is 606. The van der Waals surface area contributed by atoms with Crippen molar-refractivity contribution in [2.24, 2.45) is 16.8 Å². The highest BCUT2D eigenvalue weighted by Crippen LogP contribution is 2.25. The monoisotopic (exact) mass is 541 g/mol. The summed E-state index contributed by atoms with van der Waals surface area (Å²) in [4.78, 5) is 9.55. The summed E-state index contributed by atoms with van der Waals surface area (Å²) >= 11 is 0. The molecular weight excluding hydrogens is 501 g/mol. The maximum atomic E-state index is 12.2. The van der Waals surface area contributed by atoms with Crippen LogP contribution in [-0.4, -0.2) is 82.3 Å². The molecule has 0 aromatic carbocycles. The molecule has 2 aliphatic heterocycles. The van der Waals surface area contributed by atoms with Crippen molar-refractivity contribution >= 4 is 40.0 Å². The SMILES string of the molecule is CCNC(=NCCS(=O)(=O)NCC1CCC1)N1CCC(CN2CCCCC2)C1.I. The molecule has 2 saturated heterocycles. The summed E-state index contributed by atoms with van der Waals surface area (Å²) in [6.45, 7) is 9.49. The van der Waals surface area contributed by atoms with E-state index in [4.69, 9.17) is 0 Å². The van der Waals surface area contributed by atoms with Crippen LogP contribution >= 0.6 is 24.0 Å². The number of aliphatic imine (C=N–C) groups is 1. The molecule has 9 heteroatoms. The van der Waals surface area contributed by atoms with Gasteiger partial charge < -0.3 is 15.1 Å². The van der Waals surface area contributed by atoms with Crippen LogP contribution in [0.2, 0.25) is 0 Å². The third-order valence-corrected chi connectivity index (χ3v) is 7.65. The molecule has 1 atom stereocenters. The second-order valence-corrected chi connectivity index (χ2v) is 10.6. The highest BCUT2D eigenvalue weighted by Gasteiger charge is 2.27. The van der Waals surface area contributed by atoms with Crippen molar-refractivity contribution in [2.45, 2.75) is 51.9 Å². The molecule has 3 aliphatic rings. The number of guanidine groups is 1. The van der Waals surface area contributed by atoms with Crippen LogP contribution in [0.25, 0.3) is 0 Å². The van der Waals surface area contributed by atoms with Crippen LogP contribution in [0, 0.1) is 11.8 Å². The Labute approximate surface area is 194 Å². The zero-order valence-corrected chi connectivity index (χ0v) is 21.1. The summed E-state index contributed by atoms with van der Waals surface area (Å²) in [5, 5.41) is 3.35. The van der Waals surface area contributed by atoms with Crippen molar-refractivity contribution in [3.8, 4) is 0 Å². The number of rotatable bonds is 9. The van der Waals surface area contributed by atoms with E-state index in [2.05, 4.69) is 31.8 Å². The van der Waals surface area contributed by atoms with Crippen LogP contribution in [0.4, 0.5) is 0 Å². The van der Waals surface area contributed by atoms with E-state index in [1.807, 2.05) is 0 Å². The number of hydrogen-bond acceptors (Lipinski definition) is 4. The molecule has 170 valence electrons. The molecule has 0 bridgehead atoms. The van der Waals surface area contributed by atoms with Crippen molar-refractivity contribution in [2.75, 3.05) is 58.1 Å². The molecule has 1 unspecified atom stereocenters. The van der Waals surface area contributed by atoms with Gasteiger partial charge in [-0.2, -0.15) is 0 Å². The molecule has 0 aromatic rings. The summed E-state index contributed by atoms with van der Waals surface area (Å²) in [7, 11) is -3.23. The van der Waals surface area contributed by atoms with Crippen molar-refractivity contribution in [3.05, 3.63) is 0 Å². The minimum absolute atomic E-state index is 0. The van der Waals surface area contributed by atoms with Gasteiger partial charge in [0.15, 0.2) is 5.96 Å². The van der Waals surface area contributed by atoms with E-state index in [9.17, 15) is 8.42 Å². The first-order valence-corrected chi connectivity index (χ1v) is 12.9. The summed E-state index contributed by atoms with van der Waals surface area (Å²) in [6.07, 6.45) is 8.79. The first-order valence-electron chi connectivity index (χ1n) is 11.3. The van der Waals surface area contributed by atoms with E-state index in [0.29, 0.717) is 24.9 Å². The van der Waals surface area contributed by atoms with Crippen molar-refractivity contribution in [1.82, 2.24) is 19.8 Å². The first-order chi connectivity index (χ1) is 13.6. The van der Waals surface area contributed by atoms with Gasteiger partial charge in [0, 0.05) is 32.7 Å². The maximum Gasteiger partial charge on any atom is 0.213 e. The van der Waals surface area contributed by atoms with Crippen LogP contribution in [0.1, 0.15) is 51.9 Å². The molecule has 0 spiro atoms. The highest BCUT2D eigenvalue weighted by molar-refractivity contribution is 14.0. The second kappa shape index (κ2) is 12.7. The van der Waals surface area contributed by atoms with E-state index in [1.165, 1.54) is 51.7 Å². The van der Waals surface area contributed by atoms with Crippen molar-refractivity contribution < 1.29 is 8.42 Å². The molecule has 1 aliphatic carbocycles. The summed E-state index contributed by atoms with van der Waals surface area (Å²) in [6, 6.07) is 0. The zero-order valence-electron chi connectivity index (χ0n) is 17.9. The quantitative estimate of drug-likeness (QED) is 0.266. The number of nitrogens with one attached hydrogen (secondary N) is 2. The molecule has 0 amide bonds. The number of piperidine rings is 1. The van der Waals surface area contributed by atoms with E-state index in [-0.39, 0.29) is 29.7 Å². The minimum Gasteiger partial charge on any atom is -0.357 e. The van der Waals surface area contributed by atoms with E-state index >= 15 is 0 Å². The van der Waals surface area contributed by atoms with Gasteiger partial charge in [0.05, 0.1) is 12.3 Å². The fourth-order valence-corrected chi connectivity index (χ4v) is 5.36. The lowest BCUT2D eigenvalue weighted by Gasteiger charge is -2.29. The molecule has 0 radical (unpaired) electrons. The predicted octanol–water partition coefficient (Wildman–Crippen LogP) is 2.10. The molecule has 7 nitrogen and oxygen atoms in total. The van der Waals surface area contributed by atoms with Crippen molar-refractivity contribution in [1.29, 1.82) is 0 Å². The third kappa shape index (κ3) is 8.49. The molecule has 1 saturated carbocycles. The van der Waals surface area contributed by atoms with Crippen LogP contribution < -0.4 is 10.0 Å². The van der Waals surface area contributed by atoms with E-state index in [0.717, 1.165) is 38.4 Å². The molecule has 2 heterocycles. The number of nitrogens with zero attached hydrogens (tertiary/aromatic N) is 3. The van der Waals surface area contributed by atoms with Gasteiger partial charge in [-0.25, -0.2) is 13.1 Å². The topological polar surface area (TPSA) is 77.0 Å². The standard InChI is InChI=1S/C20H39N5O2S.HI/c1-2-21-20(22-10-14-28(26,27)23-15-18-7-6-8-18)25-13-9-19(17-25)16-24-11-4-3-5-12-24;/h18-19,23H,2-17H2,1H3,(H,21,22);1H. The normalized spacial score (nSPS) is 24.2. The van der Waals surface area contributed by atoms with Gasteiger partial charge in [-0.05, 0) is 64.0 Å². The Morgan fingerprint density at radius 3 is 2.45 bits per heavy atom. The predicted molar refractivity (Wildman–Crippen MR) is 130 cm³/mol. The molecule has 2 N–H and O–H groups in total. The average Bonchev–Trinajstić information content (AvgIpc) is 3.08. The minimum atomic E-state index is -3.23. The zero-order chi connectivity index (χ0) is 19.8. The number of halogens is 1. The lowest BCUT2D eigenvalue weighted by Crippen LogP contribution is -2.41. The molecule has 0 aromatic heterocycles. The van der Waals surface area contributed by atoms with Crippen LogP contribution in [0.15, 0.2) is 4.99 Å². The van der Waals surface area contributed by atoms with Crippen LogP contribution in [0.3, 0.4) is 0 Å². The van der Waals surface area contributed by atoms with Gasteiger partial charge in [-0.3, -0.25) is 4.99 Å². The Kier molecular flexibility index (Phi) is 11.0. The summed E-state index contributed by atoms with van der Waals surface area (Å²) < 4.78 is 27.1. The second-order valence-electron chi connectivity index (χ2n) is 8.66. The summed E-state index contributed by atoms with van der Waals surface area (Å²) in [5.41, 5.74) is 0. The smallest absolute Gasteiger partial charge is 0.213 e. The maximum absolute atomic E-state index is 12.2. The van der Waals surface area contributed by atoms with Gasteiger partial charge in [0.25, 0.3) is 0 Å². The molecule has 29 heavy (non-hydrogen) atoms. The van der Waals surface area contributed by atoms with Gasteiger partial charge in [-0.15, -0.1) is 24.0 Å². The van der Waals surface area contributed by atoms with Crippen molar-refractivity contribution in [3.63, 3.8) is 0 Å². The summed E-state index contributed by atoms with van der Waals surface area (Å²) in [5.74, 6) is 2.17.